The first kappa shape index (κ1) is 23.6. The van der Waals surface area contributed by atoms with Crippen molar-refractivity contribution in [3.05, 3.63) is 105 Å². The number of aryl methyl sites for hydroxylation is 6. The molecule has 174 valence electrons. The Morgan fingerprint density at radius 2 is 1.24 bits per heavy atom. The van der Waals surface area contributed by atoms with Gasteiger partial charge in [0.15, 0.2) is 0 Å². The van der Waals surface area contributed by atoms with E-state index in [2.05, 4.69) is 9.71 Å². The van der Waals surface area contributed by atoms with Crippen molar-refractivity contribution in [3.63, 3.8) is 0 Å². The Morgan fingerprint density at radius 1 is 0.735 bits per heavy atom. The van der Waals surface area contributed by atoms with E-state index in [-0.39, 0.29) is 16.4 Å². The summed E-state index contributed by atoms with van der Waals surface area (Å²) in [5, 5.41) is 3.26. The molecule has 0 saturated heterocycles. The van der Waals surface area contributed by atoms with Gasteiger partial charge in [0.2, 0.25) is 5.78 Å². The highest BCUT2D eigenvalue weighted by Gasteiger charge is 2.28. The number of carbonyl (C=O) groups is 1. The lowest BCUT2D eigenvalue weighted by Gasteiger charge is -2.21. The van der Waals surface area contributed by atoms with Gasteiger partial charge in [0.1, 0.15) is 0 Å². The molecular formula is C28H28N2O3S. The van der Waals surface area contributed by atoms with Gasteiger partial charge in [0.05, 0.1) is 16.3 Å². The molecule has 0 radical (unpaired) electrons. The van der Waals surface area contributed by atoms with E-state index in [1.54, 1.807) is 44.2 Å². The summed E-state index contributed by atoms with van der Waals surface area (Å²) in [6.45, 7) is 11.5. The average molecular weight is 473 g/mol. The smallest absolute Gasteiger partial charge is 0.283 e. The molecule has 0 aliphatic heterocycles. The fraction of sp³-hybridized carbons (Fsp3) is 0.214. The van der Waals surface area contributed by atoms with Gasteiger partial charge >= 0.3 is 0 Å². The second-order valence-corrected chi connectivity index (χ2v) is 10.6. The van der Waals surface area contributed by atoms with Crippen LogP contribution in [0.25, 0.3) is 0 Å². The summed E-state index contributed by atoms with van der Waals surface area (Å²) in [5.41, 5.74) is 7.70. The lowest BCUT2D eigenvalue weighted by atomic mass is 9.92. The highest BCUT2D eigenvalue weighted by Crippen LogP contribution is 2.30. The van der Waals surface area contributed by atoms with Gasteiger partial charge in [-0.2, -0.15) is 12.8 Å². The van der Waals surface area contributed by atoms with Gasteiger partial charge in [-0.15, -0.1) is 0 Å². The first-order chi connectivity index (χ1) is 16.0. The summed E-state index contributed by atoms with van der Waals surface area (Å²) in [4.78, 5) is 13.5. The number of rotatable bonds is 4. The molecule has 0 bridgehead atoms. The second kappa shape index (κ2) is 8.69. The summed E-state index contributed by atoms with van der Waals surface area (Å²) in [5.74, 6) is -0.200. The minimum Gasteiger partial charge on any atom is -0.352 e. The van der Waals surface area contributed by atoms with Gasteiger partial charge in [-0.1, -0.05) is 59.7 Å². The van der Waals surface area contributed by atoms with Crippen LogP contribution in [0.5, 0.6) is 0 Å². The van der Waals surface area contributed by atoms with E-state index in [9.17, 15) is 13.2 Å². The molecular weight excluding hydrogens is 444 g/mol. The van der Waals surface area contributed by atoms with Crippen LogP contribution in [-0.2, 0) is 10.0 Å². The van der Waals surface area contributed by atoms with Crippen LogP contribution in [0.15, 0.2) is 69.6 Å². The van der Waals surface area contributed by atoms with Crippen LogP contribution in [0.3, 0.4) is 0 Å². The maximum absolute atomic E-state index is 13.4. The Morgan fingerprint density at radius 3 is 1.79 bits per heavy atom. The summed E-state index contributed by atoms with van der Waals surface area (Å²) < 4.78 is 31.1. The van der Waals surface area contributed by atoms with Crippen molar-refractivity contribution in [1.29, 1.82) is 0 Å². The molecule has 0 fully saturated rings. The number of fused-ring (bicyclic) bond motifs is 1. The molecule has 0 unspecified atom stereocenters. The van der Waals surface area contributed by atoms with Gasteiger partial charge in [0.25, 0.3) is 10.0 Å². The standard InChI is InChI=1S/C28H28N2O3S/c1-16-11-18(3)26(19(4)12-16)29-25-15-24(22-9-7-8-10-23(22)27(25)31)30-34(32,33)28-20(5)13-17(2)14-21(28)6/h7-15,29H,1-6H3/b30-24-. The molecule has 0 heterocycles. The monoisotopic (exact) mass is 472 g/mol. The lowest BCUT2D eigenvalue weighted by molar-refractivity contribution is 0.103. The fourth-order valence-electron chi connectivity index (χ4n) is 4.76. The minimum atomic E-state index is -4.01. The van der Waals surface area contributed by atoms with E-state index >= 15 is 0 Å². The van der Waals surface area contributed by atoms with Crippen molar-refractivity contribution in [2.24, 2.45) is 4.40 Å². The molecule has 0 atom stereocenters. The zero-order valence-electron chi connectivity index (χ0n) is 20.3. The molecule has 3 aromatic rings. The van der Waals surface area contributed by atoms with E-state index in [4.69, 9.17) is 0 Å². The first-order valence-corrected chi connectivity index (χ1v) is 12.6. The third-order valence-corrected chi connectivity index (χ3v) is 7.59. The van der Waals surface area contributed by atoms with Gasteiger partial charge in [-0.05, 0) is 69.9 Å². The third kappa shape index (κ3) is 4.33. The predicted molar refractivity (Wildman–Crippen MR) is 138 cm³/mol. The highest BCUT2D eigenvalue weighted by molar-refractivity contribution is 7.90. The molecule has 1 N–H and O–H groups in total. The van der Waals surface area contributed by atoms with Crippen molar-refractivity contribution < 1.29 is 13.2 Å². The molecule has 6 heteroatoms. The molecule has 0 amide bonds. The van der Waals surface area contributed by atoms with Crippen LogP contribution < -0.4 is 5.32 Å². The molecule has 4 rings (SSSR count). The Kier molecular flexibility index (Phi) is 6.04. The predicted octanol–water partition coefficient (Wildman–Crippen LogP) is 5.91. The Balaban J connectivity index is 1.88. The zero-order valence-corrected chi connectivity index (χ0v) is 21.1. The number of benzene rings is 3. The highest BCUT2D eigenvalue weighted by atomic mass is 32.2. The Hall–Kier alpha value is -3.51. The summed E-state index contributed by atoms with van der Waals surface area (Å²) in [7, 11) is -4.01. The van der Waals surface area contributed by atoms with Crippen molar-refractivity contribution in [1.82, 2.24) is 0 Å². The number of sulfonamides is 1. The zero-order chi connectivity index (χ0) is 24.8. The number of hydrogen-bond donors (Lipinski definition) is 1. The van der Waals surface area contributed by atoms with Crippen LogP contribution in [0, 0.1) is 41.5 Å². The third-order valence-electron chi connectivity index (χ3n) is 5.99. The molecule has 5 nitrogen and oxygen atoms in total. The summed E-state index contributed by atoms with van der Waals surface area (Å²) in [6, 6.07) is 14.7. The number of ketones is 1. The molecule has 34 heavy (non-hydrogen) atoms. The average Bonchev–Trinajstić information content (AvgIpc) is 2.72. The van der Waals surface area contributed by atoms with E-state index in [1.807, 2.05) is 52.0 Å². The van der Waals surface area contributed by atoms with Gasteiger partial charge in [-0.3, -0.25) is 4.79 Å². The molecule has 3 aromatic carbocycles. The number of nitrogens with one attached hydrogen (secondary N) is 1. The van der Waals surface area contributed by atoms with Gasteiger partial charge < -0.3 is 5.32 Å². The van der Waals surface area contributed by atoms with Crippen molar-refractivity contribution in [2.75, 3.05) is 5.32 Å². The van der Waals surface area contributed by atoms with Crippen molar-refractivity contribution in [3.8, 4) is 0 Å². The lowest BCUT2D eigenvalue weighted by Crippen LogP contribution is -2.23. The number of carbonyl (C=O) groups excluding carboxylic acids is 1. The Bertz CT molecular complexity index is 1470. The summed E-state index contributed by atoms with van der Waals surface area (Å²) in [6.07, 6.45) is 1.54. The number of nitrogens with zero attached hydrogens (tertiary/aromatic N) is 1. The van der Waals surface area contributed by atoms with Crippen LogP contribution in [-0.4, -0.2) is 19.9 Å². The number of Topliss-reactive ketones (excluding diaryl/α,β-unsaturated/α-hetero) is 1. The van der Waals surface area contributed by atoms with Crippen molar-refractivity contribution in [2.45, 2.75) is 46.4 Å². The molecule has 1 aliphatic carbocycles. The van der Waals surface area contributed by atoms with Gasteiger partial charge in [-0.25, -0.2) is 0 Å². The Labute approximate surface area is 201 Å². The molecule has 0 saturated carbocycles. The topological polar surface area (TPSA) is 75.6 Å². The molecule has 1 aliphatic rings. The normalized spacial score (nSPS) is 14.7. The van der Waals surface area contributed by atoms with E-state index in [1.165, 1.54) is 0 Å². The van der Waals surface area contributed by atoms with Crippen LogP contribution in [0.2, 0.25) is 0 Å². The van der Waals surface area contributed by atoms with Crippen LogP contribution in [0.4, 0.5) is 5.69 Å². The number of hydrogen-bond acceptors (Lipinski definition) is 4. The second-order valence-electron chi connectivity index (χ2n) is 9.01. The first-order valence-electron chi connectivity index (χ1n) is 11.1. The molecule has 0 spiro atoms. The largest absolute Gasteiger partial charge is 0.352 e. The quantitative estimate of drug-likeness (QED) is 0.512. The molecule has 0 aromatic heterocycles. The van der Waals surface area contributed by atoms with E-state index < -0.39 is 10.0 Å². The number of allylic oxidation sites excluding steroid dienone is 2. The maximum atomic E-state index is 13.4. The van der Waals surface area contributed by atoms with Crippen molar-refractivity contribution >= 4 is 27.2 Å². The van der Waals surface area contributed by atoms with Gasteiger partial charge in [0, 0.05) is 16.8 Å². The minimum absolute atomic E-state index is 0.200. The van der Waals surface area contributed by atoms with Crippen LogP contribution >= 0.6 is 0 Å². The fourth-order valence-corrected chi connectivity index (χ4v) is 6.19. The van der Waals surface area contributed by atoms with E-state index in [0.29, 0.717) is 28.0 Å². The summed E-state index contributed by atoms with van der Waals surface area (Å²) >= 11 is 0. The van der Waals surface area contributed by atoms with E-state index in [0.717, 1.165) is 27.9 Å². The van der Waals surface area contributed by atoms with Crippen LogP contribution in [0.1, 0.15) is 49.3 Å². The SMILES string of the molecule is Cc1cc(C)c(NC2=C/C(=N/S(=O)(=O)c3c(C)cc(C)cc3C)c3ccccc3C2=O)c(C)c1. The number of anilines is 1. The maximum Gasteiger partial charge on any atom is 0.283 e.